The molecule has 0 amide bonds. The Morgan fingerprint density at radius 3 is 1.02 bits per heavy atom. The number of rotatable bonds is 12. The monoisotopic (exact) mass is 1250 g/mol. The average molecular weight is 1250 g/mol. The highest BCUT2D eigenvalue weighted by Crippen LogP contribution is 2.45. The van der Waals surface area contributed by atoms with Crippen molar-refractivity contribution >= 4 is 49.3 Å². The molecule has 0 unspecified atom stereocenters. The van der Waals surface area contributed by atoms with Crippen molar-refractivity contribution in [2.45, 2.75) is 0 Å². The van der Waals surface area contributed by atoms with Gasteiger partial charge in [0.25, 0.3) is 0 Å². The fraction of sp³-hybridized carbons (Fsp3) is 0. The predicted octanol–water partition coefficient (Wildman–Crippen LogP) is 23.0. The van der Waals surface area contributed by atoms with Gasteiger partial charge in [0.05, 0.1) is 63.3 Å². The topological polar surface area (TPSA) is 100 Å². The highest BCUT2D eigenvalue weighted by atomic mass is 15.1. The molecule has 0 atom stereocenters. The van der Waals surface area contributed by atoms with Crippen LogP contribution in [0, 0.1) is 29.2 Å². The zero-order chi connectivity index (χ0) is 65.6. The van der Waals surface area contributed by atoms with E-state index in [2.05, 4.69) is 232 Å². The van der Waals surface area contributed by atoms with E-state index in [9.17, 15) is 10.5 Å². The third-order valence-electron chi connectivity index (χ3n) is 18.7. The van der Waals surface area contributed by atoms with Crippen molar-refractivity contribution in [1.82, 2.24) is 24.1 Å². The SMILES string of the molecule is [C-]#[N+]c1cccc(-c2ccc(-n3c4ccc(-c5ccccc5)cc4c4cc(-c5ccccc5)ccc43)c(-c3nc(-c4ccccc4-c4ccccc4C#N)nc(-c4cc(-c5cccc(C#N)c5)ccc4-n4c5ccc(-c6ccccc6)cc5c5cc(-c6ccccc6)ccc54)n3)c2)c1. The Balaban J connectivity index is 0.987. The number of hydrogen-bond acceptors (Lipinski definition) is 5. The summed E-state index contributed by atoms with van der Waals surface area (Å²) in [6, 6.07) is 118. The second-order valence-corrected chi connectivity index (χ2v) is 24.4. The van der Waals surface area contributed by atoms with Crippen LogP contribution in [-0.4, -0.2) is 24.1 Å². The molecule has 454 valence electrons. The van der Waals surface area contributed by atoms with Crippen LogP contribution in [0.3, 0.4) is 0 Å². The number of nitrogens with zero attached hydrogens (tertiary/aromatic N) is 8. The van der Waals surface area contributed by atoms with Gasteiger partial charge in [0, 0.05) is 43.8 Å². The Morgan fingerprint density at radius 1 is 0.265 bits per heavy atom. The summed E-state index contributed by atoms with van der Waals surface area (Å²) in [5, 5.41) is 25.4. The maximum absolute atomic E-state index is 10.7. The quantitative estimate of drug-likeness (QED) is 0.113. The lowest BCUT2D eigenvalue weighted by Crippen LogP contribution is -2.06. The van der Waals surface area contributed by atoms with Gasteiger partial charge in [-0.2, -0.15) is 10.5 Å². The first-order valence-electron chi connectivity index (χ1n) is 32.4. The van der Waals surface area contributed by atoms with Gasteiger partial charge in [0.2, 0.25) is 0 Å². The predicted molar refractivity (Wildman–Crippen MR) is 399 cm³/mol. The van der Waals surface area contributed by atoms with E-state index < -0.39 is 0 Å². The van der Waals surface area contributed by atoms with E-state index in [0.717, 1.165) is 133 Å². The number of hydrogen-bond donors (Lipinski definition) is 0. The lowest BCUT2D eigenvalue weighted by molar-refractivity contribution is 1.06. The molecular formula is C90H54N8. The van der Waals surface area contributed by atoms with Crippen molar-refractivity contribution in [3.8, 4) is 136 Å². The molecule has 0 saturated heterocycles. The number of benzene rings is 14. The third-order valence-corrected chi connectivity index (χ3v) is 18.7. The fourth-order valence-electron chi connectivity index (χ4n) is 14.0. The van der Waals surface area contributed by atoms with Gasteiger partial charge >= 0.3 is 0 Å². The van der Waals surface area contributed by atoms with Crippen molar-refractivity contribution in [3.63, 3.8) is 0 Å². The molecule has 0 spiro atoms. The summed E-state index contributed by atoms with van der Waals surface area (Å²) < 4.78 is 4.67. The van der Waals surface area contributed by atoms with Crippen LogP contribution in [0.5, 0.6) is 0 Å². The van der Waals surface area contributed by atoms with Crippen LogP contribution in [0.1, 0.15) is 11.1 Å². The van der Waals surface area contributed by atoms with Gasteiger partial charge < -0.3 is 9.13 Å². The summed E-state index contributed by atoms with van der Waals surface area (Å²) in [5.41, 5.74) is 22.9. The Morgan fingerprint density at radius 2 is 0.602 bits per heavy atom. The standard InChI is InChI=1S/C90H54N8/c1-93-72-32-19-31-64(49-72)70-41-47-87(98-84-44-38-67(61-25-10-4-11-26-61)52-78(84)79-53-68(39-45-85(79)98)62-27-12-5-13-28-62)81(55-70)90-95-88(75-35-17-16-34-74(75)73-33-15-14-29-71(73)57-92)94-89(96-90)80-54-69(63-30-18-20-58(48-63)56-91)40-46-86(80)97-82-42-36-65(59-21-6-2-7-22-59)50-76(82)77-51-66(37-43-83(77)97)60-23-8-3-9-24-60/h2-55H. The van der Waals surface area contributed by atoms with Gasteiger partial charge in [-0.05, 0) is 169 Å². The van der Waals surface area contributed by atoms with Gasteiger partial charge in [0.15, 0.2) is 23.2 Å². The first-order valence-corrected chi connectivity index (χ1v) is 32.4. The molecule has 3 heterocycles. The molecule has 14 aromatic carbocycles. The Labute approximate surface area is 566 Å². The fourth-order valence-corrected chi connectivity index (χ4v) is 14.0. The molecule has 0 saturated carbocycles. The summed E-state index contributed by atoms with van der Waals surface area (Å²) in [5.74, 6) is 1.15. The van der Waals surface area contributed by atoms with E-state index in [1.165, 1.54) is 0 Å². The maximum Gasteiger partial charge on any atom is 0.187 e. The van der Waals surface area contributed by atoms with Gasteiger partial charge in [0.1, 0.15) is 0 Å². The minimum Gasteiger partial charge on any atom is -0.308 e. The zero-order valence-electron chi connectivity index (χ0n) is 52.8. The van der Waals surface area contributed by atoms with Gasteiger partial charge in [-0.1, -0.05) is 231 Å². The number of fused-ring (bicyclic) bond motifs is 6. The molecule has 17 aromatic rings. The van der Waals surface area contributed by atoms with E-state index in [0.29, 0.717) is 51.0 Å². The lowest BCUT2D eigenvalue weighted by Gasteiger charge is -2.19. The zero-order valence-corrected chi connectivity index (χ0v) is 52.8. The molecule has 0 radical (unpaired) electrons. The van der Waals surface area contributed by atoms with Gasteiger partial charge in [-0.3, -0.25) is 0 Å². The molecule has 0 bridgehead atoms. The van der Waals surface area contributed by atoms with Crippen molar-refractivity contribution < 1.29 is 0 Å². The average Bonchev–Trinajstić information content (AvgIpc) is 1.65. The van der Waals surface area contributed by atoms with Gasteiger partial charge in [-0.25, -0.2) is 19.8 Å². The number of nitriles is 2. The molecule has 98 heavy (non-hydrogen) atoms. The second-order valence-electron chi connectivity index (χ2n) is 24.4. The highest BCUT2D eigenvalue weighted by molar-refractivity contribution is 6.14. The molecule has 8 nitrogen and oxygen atoms in total. The van der Waals surface area contributed by atoms with E-state index in [-0.39, 0.29) is 0 Å². The van der Waals surface area contributed by atoms with E-state index in [4.69, 9.17) is 21.5 Å². The smallest absolute Gasteiger partial charge is 0.187 e. The lowest BCUT2D eigenvalue weighted by atomic mass is 9.95. The first kappa shape index (κ1) is 58.0. The normalized spacial score (nSPS) is 11.2. The molecule has 0 aliphatic heterocycles. The second kappa shape index (κ2) is 24.6. The highest BCUT2D eigenvalue weighted by Gasteiger charge is 2.26. The third kappa shape index (κ3) is 10.4. The minimum absolute atomic E-state index is 0.381. The van der Waals surface area contributed by atoms with Crippen LogP contribution in [0.2, 0.25) is 0 Å². The van der Waals surface area contributed by atoms with E-state index in [1.54, 1.807) is 0 Å². The summed E-state index contributed by atoms with van der Waals surface area (Å²) in [7, 11) is 0. The first-order chi connectivity index (χ1) is 48.4. The van der Waals surface area contributed by atoms with Crippen LogP contribution in [0.25, 0.3) is 172 Å². The Hall–Kier alpha value is -13.8. The van der Waals surface area contributed by atoms with Crippen LogP contribution in [0.15, 0.2) is 328 Å². The number of aromatic nitrogens is 5. The summed E-state index contributed by atoms with van der Waals surface area (Å²) >= 11 is 0. The molecule has 0 aliphatic carbocycles. The minimum atomic E-state index is 0.381. The van der Waals surface area contributed by atoms with Gasteiger partial charge in [-0.15, -0.1) is 0 Å². The molecule has 17 rings (SSSR count). The van der Waals surface area contributed by atoms with Crippen molar-refractivity contribution in [2.24, 2.45) is 0 Å². The maximum atomic E-state index is 10.7. The Bertz CT molecular complexity index is 5630. The molecule has 3 aromatic heterocycles. The van der Waals surface area contributed by atoms with Crippen molar-refractivity contribution in [2.75, 3.05) is 0 Å². The van der Waals surface area contributed by atoms with Crippen molar-refractivity contribution in [3.05, 3.63) is 350 Å². The largest absolute Gasteiger partial charge is 0.308 e. The van der Waals surface area contributed by atoms with E-state index in [1.807, 2.05) is 121 Å². The van der Waals surface area contributed by atoms with E-state index >= 15 is 0 Å². The molecule has 8 heteroatoms. The van der Waals surface area contributed by atoms with Crippen LogP contribution in [0.4, 0.5) is 5.69 Å². The Kier molecular flexibility index (Phi) is 14.5. The van der Waals surface area contributed by atoms with Crippen LogP contribution < -0.4 is 0 Å². The van der Waals surface area contributed by atoms with Crippen molar-refractivity contribution in [1.29, 1.82) is 10.5 Å². The molecule has 0 aliphatic rings. The van der Waals surface area contributed by atoms with Crippen LogP contribution in [-0.2, 0) is 0 Å². The molecule has 0 fully saturated rings. The summed E-state index contributed by atoms with van der Waals surface area (Å²) in [6.45, 7) is 8.12. The summed E-state index contributed by atoms with van der Waals surface area (Å²) in [6.07, 6.45) is 0. The van der Waals surface area contributed by atoms with Crippen LogP contribution >= 0.6 is 0 Å². The molecular weight excluding hydrogens is 1190 g/mol. The summed E-state index contributed by atoms with van der Waals surface area (Å²) in [4.78, 5) is 21.1. The molecule has 0 N–H and O–H groups in total.